The van der Waals surface area contributed by atoms with Crippen LogP contribution in [0.1, 0.15) is 38.8 Å². The van der Waals surface area contributed by atoms with Crippen LogP contribution in [0.5, 0.6) is 11.5 Å². The van der Waals surface area contributed by atoms with Gasteiger partial charge in [-0.25, -0.2) is 0 Å². The Morgan fingerprint density at radius 3 is 2.37 bits per heavy atom. The molecule has 0 bridgehead atoms. The summed E-state index contributed by atoms with van der Waals surface area (Å²) in [6, 6.07) is 13.1. The maximum Gasteiger partial charge on any atom is 0.325 e. The van der Waals surface area contributed by atoms with E-state index in [0.717, 1.165) is 17.5 Å². The van der Waals surface area contributed by atoms with E-state index >= 15 is 0 Å². The zero-order valence-corrected chi connectivity index (χ0v) is 21.7. The lowest BCUT2D eigenvalue weighted by molar-refractivity contribution is -0.140. The fraction of sp³-hybridized carbons (Fsp3) is 0.370. The first-order chi connectivity index (χ1) is 16.8. The smallest absolute Gasteiger partial charge is 0.325 e. The van der Waals surface area contributed by atoms with E-state index in [9.17, 15) is 9.59 Å². The molecule has 0 N–H and O–H groups in total. The van der Waals surface area contributed by atoms with Gasteiger partial charge >= 0.3 is 5.97 Å². The monoisotopic (exact) mass is 496 g/mol. The van der Waals surface area contributed by atoms with Crippen molar-refractivity contribution in [2.45, 2.75) is 34.1 Å². The summed E-state index contributed by atoms with van der Waals surface area (Å²) in [6.45, 7) is 8.97. The zero-order valence-electron chi connectivity index (χ0n) is 20.9. The third kappa shape index (κ3) is 6.19. The lowest BCUT2D eigenvalue weighted by Gasteiger charge is -2.19. The summed E-state index contributed by atoms with van der Waals surface area (Å²) in [5.74, 6) is 0.776. The molecule has 1 saturated heterocycles. The van der Waals surface area contributed by atoms with Crippen molar-refractivity contribution in [1.82, 2.24) is 4.90 Å². The van der Waals surface area contributed by atoms with Gasteiger partial charge in [-0.15, -0.1) is 0 Å². The third-order valence-electron chi connectivity index (χ3n) is 5.40. The van der Waals surface area contributed by atoms with Gasteiger partial charge in [-0.1, -0.05) is 39.0 Å². The van der Waals surface area contributed by atoms with E-state index in [1.54, 1.807) is 6.08 Å². The number of rotatable bonds is 10. The molecule has 2 aromatic carbocycles. The molecule has 1 aliphatic heterocycles. The van der Waals surface area contributed by atoms with Crippen LogP contribution in [0, 0.1) is 5.92 Å². The number of anilines is 1. The average Bonchev–Trinajstić information content (AvgIpc) is 3.07. The van der Waals surface area contributed by atoms with Crippen LogP contribution in [-0.2, 0) is 20.7 Å². The van der Waals surface area contributed by atoms with Gasteiger partial charge in [-0.3, -0.25) is 14.5 Å². The first kappa shape index (κ1) is 26.2. The quantitative estimate of drug-likeness (QED) is 0.265. The topological polar surface area (TPSA) is 68.3 Å². The fourth-order valence-corrected chi connectivity index (χ4v) is 3.90. The van der Waals surface area contributed by atoms with Crippen molar-refractivity contribution in [3.63, 3.8) is 0 Å². The van der Waals surface area contributed by atoms with Gasteiger partial charge in [0.1, 0.15) is 12.2 Å². The highest BCUT2D eigenvalue weighted by molar-refractivity contribution is 7.80. The minimum atomic E-state index is -0.498. The van der Waals surface area contributed by atoms with Crippen LogP contribution in [0.3, 0.4) is 0 Å². The molecule has 0 radical (unpaired) electrons. The number of ether oxygens (including phenoxy) is 3. The second kappa shape index (κ2) is 11.8. The number of benzene rings is 2. The van der Waals surface area contributed by atoms with Gasteiger partial charge in [0, 0.05) is 0 Å². The van der Waals surface area contributed by atoms with Crippen molar-refractivity contribution in [3.05, 3.63) is 59.3 Å². The number of amides is 1. The molecule has 2 aromatic rings. The lowest BCUT2D eigenvalue weighted by Crippen LogP contribution is -2.35. The molecule has 0 saturated carbocycles. The number of hydrogen-bond donors (Lipinski definition) is 0. The average molecular weight is 497 g/mol. The Morgan fingerprint density at radius 2 is 1.77 bits per heavy atom. The Morgan fingerprint density at radius 1 is 1.06 bits per heavy atom. The van der Waals surface area contributed by atoms with E-state index in [0.29, 0.717) is 36.3 Å². The minimum absolute atomic E-state index is 0.176. The minimum Gasteiger partial charge on any atom is -0.490 e. The van der Waals surface area contributed by atoms with Crippen molar-refractivity contribution in [2.24, 2.45) is 5.92 Å². The number of thiocarbonyl (C=S) groups is 1. The highest BCUT2D eigenvalue weighted by atomic mass is 32.1. The van der Waals surface area contributed by atoms with E-state index < -0.39 is 5.97 Å². The van der Waals surface area contributed by atoms with E-state index in [1.807, 2.05) is 49.4 Å². The van der Waals surface area contributed by atoms with Gasteiger partial charge in [0.15, 0.2) is 16.6 Å². The van der Waals surface area contributed by atoms with Crippen LogP contribution in [0.2, 0.25) is 0 Å². The molecule has 7 nitrogen and oxygen atoms in total. The first-order valence-corrected chi connectivity index (χ1v) is 12.1. The summed E-state index contributed by atoms with van der Waals surface area (Å²) >= 11 is 5.63. The molecule has 3 rings (SSSR count). The number of aryl methyl sites for hydroxylation is 1. The molecule has 1 heterocycles. The molecule has 0 spiro atoms. The van der Waals surface area contributed by atoms with Crippen molar-refractivity contribution in [3.8, 4) is 11.5 Å². The van der Waals surface area contributed by atoms with Crippen LogP contribution in [0.15, 0.2) is 48.2 Å². The number of carbonyl (C=O) groups is 2. The molecule has 1 aliphatic rings. The predicted molar refractivity (Wildman–Crippen MR) is 141 cm³/mol. The number of hydrogen-bond acceptors (Lipinski definition) is 6. The summed E-state index contributed by atoms with van der Waals surface area (Å²) in [5, 5.41) is 0.220. The van der Waals surface area contributed by atoms with E-state index in [2.05, 4.69) is 20.8 Å². The second-order valence-electron chi connectivity index (χ2n) is 8.48. The highest BCUT2D eigenvalue weighted by Gasteiger charge is 2.40. The summed E-state index contributed by atoms with van der Waals surface area (Å²) in [5.41, 5.74) is 2.78. The van der Waals surface area contributed by atoms with E-state index in [1.165, 1.54) is 16.9 Å². The molecule has 0 aliphatic carbocycles. The van der Waals surface area contributed by atoms with Gasteiger partial charge in [0.05, 0.1) is 26.0 Å². The highest BCUT2D eigenvalue weighted by Crippen LogP contribution is 2.33. The maximum absolute atomic E-state index is 13.5. The van der Waals surface area contributed by atoms with Crippen LogP contribution in [0.25, 0.3) is 6.08 Å². The Balaban J connectivity index is 2.00. The number of esters is 1. The SMILES string of the molecule is CCOc1cc(/C=C2/C(=O)N(c3ccc(CC)cc3)C(=S)N2CC(=O)OC)ccc1OCC(C)C. The molecular formula is C27H32N2O5S. The van der Waals surface area contributed by atoms with Crippen molar-refractivity contribution in [1.29, 1.82) is 0 Å². The summed E-state index contributed by atoms with van der Waals surface area (Å²) in [7, 11) is 1.30. The van der Waals surface area contributed by atoms with E-state index in [-0.39, 0.29) is 23.3 Å². The van der Waals surface area contributed by atoms with Gasteiger partial charge in [0.2, 0.25) is 0 Å². The molecule has 0 aromatic heterocycles. The number of carbonyl (C=O) groups excluding carboxylic acids is 2. The van der Waals surface area contributed by atoms with Crippen LogP contribution in [0.4, 0.5) is 5.69 Å². The Labute approximate surface area is 212 Å². The van der Waals surface area contributed by atoms with Crippen molar-refractivity contribution < 1.29 is 23.8 Å². The molecule has 8 heteroatoms. The summed E-state index contributed by atoms with van der Waals surface area (Å²) < 4.78 is 16.5. The lowest BCUT2D eigenvalue weighted by atomic mass is 10.1. The van der Waals surface area contributed by atoms with E-state index in [4.69, 9.17) is 26.4 Å². The number of methoxy groups -OCH3 is 1. The largest absolute Gasteiger partial charge is 0.490 e. The van der Waals surface area contributed by atoms with Crippen molar-refractivity contribution in [2.75, 3.05) is 31.8 Å². The molecule has 35 heavy (non-hydrogen) atoms. The molecule has 186 valence electrons. The molecule has 0 atom stereocenters. The van der Waals surface area contributed by atoms with Gasteiger partial charge < -0.3 is 19.1 Å². The molecule has 1 fully saturated rings. The number of nitrogens with zero attached hydrogens (tertiary/aromatic N) is 2. The van der Waals surface area contributed by atoms with Crippen LogP contribution < -0.4 is 14.4 Å². The Hall–Kier alpha value is -3.39. The predicted octanol–water partition coefficient (Wildman–Crippen LogP) is 4.83. The molecule has 0 unspecified atom stereocenters. The zero-order chi connectivity index (χ0) is 25.5. The molecule has 1 amide bonds. The van der Waals surface area contributed by atoms with Gasteiger partial charge in [0.25, 0.3) is 5.91 Å². The molecular weight excluding hydrogens is 464 g/mol. The maximum atomic E-state index is 13.5. The summed E-state index contributed by atoms with van der Waals surface area (Å²) in [6.07, 6.45) is 2.59. The first-order valence-electron chi connectivity index (χ1n) is 11.7. The normalized spacial score (nSPS) is 14.7. The second-order valence-corrected chi connectivity index (χ2v) is 8.84. The standard InChI is InChI=1S/C27H32N2O5S/c1-6-19-8-11-21(12-9-19)29-26(31)22(28(27(29)35)16-25(30)32-5)14-20-10-13-23(34-17-18(3)4)24(15-20)33-7-2/h8-15,18H,6-7,16-17H2,1-5H3/b22-14-. The Bertz CT molecular complexity index is 1110. The van der Waals surface area contributed by atoms with Crippen LogP contribution >= 0.6 is 12.2 Å². The Kier molecular flexibility index (Phi) is 8.87. The third-order valence-corrected chi connectivity index (χ3v) is 5.80. The summed E-state index contributed by atoms with van der Waals surface area (Å²) in [4.78, 5) is 28.6. The fourth-order valence-electron chi connectivity index (χ4n) is 3.55. The van der Waals surface area contributed by atoms with Crippen molar-refractivity contribution >= 4 is 41.0 Å². The van der Waals surface area contributed by atoms with Gasteiger partial charge in [-0.05, 0) is 72.9 Å². The van der Waals surface area contributed by atoms with Gasteiger partial charge in [-0.2, -0.15) is 0 Å². The van der Waals surface area contributed by atoms with Crippen LogP contribution in [-0.4, -0.2) is 48.8 Å².